The smallest absolute Gasteiger partial charge is 0.251 e. The number of amides is 1. The summed E-state index contributed by atoms with van der Waals surface area (Å²) in [6, 6.07) is 11.1. The van der Waals surface area contributed by atoms with Crippen molar-refractivity contribution in [1.29, 1.82) is 0 Å². The first-order valence-electron chi connectivity index (χ1n) is 8.29. The van der Waals surface area contributed by atoms with E-state index in [2.05, 4.69) is 10.6 Å². The van der Waals surface area contributed by atoms with Crippen molar-refractivity contribution in [1.82, 2.24) is 5.32 Å². The Morgan fingerprint density at radius 3 is 2.52 bits per heavy atom. The van der Waals surface area contributed by atoms with Gasteiger partial charge in [0.2, 0.25) is 0 Å². The Hall–Kier alpha value is -2.47. The van der Waals surface area contributed by atoms with Gasteiger partial charge in [-0.1, -0.05) is 12.1 Å². The number of nitrogens with one attached hydrogen (secondary N) is 2. The molecule has 0 unspecified atom stereocenters. The van der Waals surface area contributed by atoms with E-state index in [-0.39, 0.29) is 24.1 Å². The van der Waals surface area contributed by atoms with Gasteiger partial charge in [0.15, 0.2) is 11.6 Å². The first kappa shape index (κ1) is 17.4. The first-order valence-corrected chi connectivity index (χ1v) is 8.29. The molecule has 2 aromatic rings. The molecule has 0 radical (unpaired) electrons. The SMILES string of the molecule is O=C(NC1CCOCC1)c1ccc(NCc2cccc(F)c2F)cc1. The van der Waals surface area contributed by atoms with Gasteiger partial charge in [-0.25, -0.2) is 8.78 Å². The third kappa shape index (κ3) is 4.54. The maximum atomic E-state index is 13.6. The molecule has 1 fully saturated rings. The monoisotopic (exact) mass is 346 g/mol. The van der Waals surface area contributed by atoms with Crippen LogP contribution in [-0.4, -0.2) is 25.2 Å². The number of hydrogen-bond acceptors (Lipinski definition) is 3. The Balaban J connectivity index is 1.56. The lowest BCUT2D eigenvalue weighted by Gasteiger charge is -2.23. The van der Waals surface area contributed by atoms with E-state index in [9.17, 15) is 13.6 Å². The molecule has 1 aliphatic heterocycles. The summed E-state index contributed by atoms with van der Waals surface area (Å²) in [6.07, 6.45) is 1.65. The molecule has 0 atom stereocenters. The van der Waals surface area contributed by atoms with Crippen LogP contribution in [0.15, 0.2) is 42.5 Å². The minimum Gasteiger partial charge on any atom is -0.381 e. The molecule has 3 rings (SSSR count). The van der Waals surface area contributed by atoms with E-state index in [0.29, 0.717) is 18.8 Å². The fourth-order valence-electron chi connectivity index (χ4n) is 2.73. The molecule has 1 saturated heterocycles. The molecule has 132 valence electrons. The second-order valence-electron chi connectivity index (χ2n) is 6.00. The minimum atomic E-state index is -0.862. The lowest BCUT2D eigenvalue weighted by Crippen LogP contribution is -2.38. The zero-order valence-corrected chi connectivity index (χ0v) is 13.7. The lowest BCUT2D eigenvalue weighted by atomic mass is 10.1. The van der Waals surface area contributed by atoms with Gasteiger partial charge in [0.25, 0.3) is 5.91 Å². The molecule has 4 nitrogen and oxygen atoms in total. The van der Waals surface area contributed by atoms with Crippen LogP contribution in [-0.2, 0) is 11.3 Å². The Kier molecular flexibility index (Phi) is 5.60. The zero-order valence-electron chi connectivity index (χ0n) is 13.7. The molecule has 1 heterocycles. The third-order valence-electron chi connectivity index (χ3n) is 4.22. The molecule has 2 N–H and O–H groups in total. The number of benzene rings is 2. The van der Waals surface area contributed by atoms with Crippen molar-refractivity contribution >= 4 is 11.6 Å². The second kappa shape index (κ2) is 8.07. The third-order valence-corrected chi connectivity index (χ3v) is 4.22. The van der Waals surface area contributed by atoms with Crippen molar-refractivity contribution in [2.75, 3.05) is 18.5 Å². The largest absolute Gasteiger partial charge is 0.381 e. The standard InChI is InChI=1S/C19H20F2N2O2/c20-17-3-1-2-14(18(17)21)12-22-15-6-4-13(5-7-15)19(24)23-16-8-10-25-11-9-16/h1-7,16,22H,8-12H2,(H,23,24). The van der Waals surface area contributed by atoms with E-state index in [1.165, 1.54) is 12.1 Å². The number of hydrogen-bond donors (Lipinski definition) is 2. The lowest BCUT2D eigenvalue weighted by molar-refractivity contribution is 0.0696. The summed E-state index contributed by atoms with van der Waals surface area (Å²) < 4.78 is 32.1. The maximum absolute atomic E-state index is 13.6. The van der Waals surface area contributed by atoms with E-state index >= 15 is 0 Å². The molecule has 0 spiro atoms. The Labute approximate surface area is 145 Å². The topological polar surface area (TPSA) is 50.4 Å². The fourth-order valence-corrected chi connectivity index (χ4v) is 2.73. The molecule has 1 aliphatic rings. The molecule has 6 heteroatoms. The molecular weight excluding hydrogens is 326 g/mol. The van der Waals surface area contributed by atoms with Crippen LogP contribution < -0.4 is 10.6 Å². The number of halogens is 2. The number of carbonyl (C=O) groups is 1. The van der Waals surface area contributed by atoms with Crippen molar-refractivity contribution in [2.45, 2.75) is 25.4 Å². The van der Waals surface area contributed by atoms with Crippen molar-refractivity contribution in [2.24, 2.45) is 0 Å². The van der Waals surface area contributed by atoms with Crippen LogP contribution in [0.2, 0.25) is 0 Å². The molecule has 25 heavy (non-hydrogen) atoms. The highest BCUT2D eigenvalue weighted by molar-refractivity contribution is 5.94. The number of carbonyl (C=O) groups excluding carboxylic acids is 1. The summed E-state index contributed by atoms with van der Waals surface area (Å²) in [6.45, 7) is 1.51. The second-order valence-corrected chi connectivity index (χ2v) is 6.00. The summed E-state index contributed by atoms with van der Waals surface area (Å²) in [5, 5.41) is 6.02. The van der Waals surface area contributed by atoms with Crippen molar-refractivity contribution in [3.05, 3.63) is 65.2 Å². The summed E-state index contributed by atoms with van der Waals surface area (Å²) in [5.74, 6) is -1.82. The summed E-state index contributed by atoms with van der Waals surface area (Å²) in [5.41, 5.74) is 1.54. The van der Waals surface area contributed by atoms with Crippen molar-refractivity contribution < 1.29 is 18.3 Å². The molecule has 0 aromatic heterocycles. The van der Waals surface area contributed by atoms with Crippen LogP contribution in [0, 0.1) is 11.6 Å². The van der Waals surface area contributed by atoms with Gasteiger partial charge in [-0.05, 0) is 43.2 Å². The van der Waals surface area contributed by atoms with Crippen molar-refractivity contribution in [3.8, 4) is 0 Å². The quantitative estimate of drug-likeness (QED) is 0.871. The number of anilines is 1. The zero-order chi connectivity index (χ0) is 17.6. The Morgan fingerprint density at radius 2 is 1.80 bits per heavy atom. The van der Waals surface area contributed by atoms with Crippen LogP contribution in [0.4, 0.5) is 14.5 Å². The molecule has 1 amide bonds. The van der Waals surface area contributed by atoms with Gasteiger partial charge < -0.3 is 15.4 Å². The van der Waals surface area contributed by atoms with E-state index in [1.54, 1.807) is 24.3 Å². The van der Waals surface area contributed by atoms with Crippen LogP contribution in [0.3, 0.4) is 0 Å². The predicted molar refractivity (Wildman–Crippen MR) is 91.4 cm³/mol. The van der Waals surface area contributed by atoms with Crippen LogP contribution in [0.5, 0.6) is 0 Å². The normalized spacial score (nSPS) is 15.0. The Bertz CT molecular complexity index is 729. The van der Waals surface area contributed by atoms with Gasteiger partial charge >= 0.3 is 0 Å². The average Bonchev–Trinajstić information content (AvgIpc) is 2.64. The molecule has 0 bridgehead atoms. The van der Waals surface area contributed by atoms with Gasteiger partial charge in [0, 0.05) is 42.6 Å². The van der Waals surface area contributed by atoms with Gasteiger partial charge in [-0.3, -0.25) is 4.79 Å². The van der Waals surface area contributed by atoms with E-state index in [0.717, 1.165) is 24.6 Å². The summed E-state index contributed by atoms with van der Waals surface area (Å²) in [4.78, 5) is 12.2. The minimum absolute atomic E-state index is 0.116. The van der Waals surface area contributed by atoms with Crippen LogP contribution >= 0.6 is 0 Å². The average molecular weight is 346 g/mol. The molecule has 0 aliphatic carbocycles. The van der Waals surface area contributed by atoms with Gasteiger partial charge in [0.1, 0.15) is 0 Å². The van der Waals surface area contributed by atoms with Gasteiger partial charge in [-0.2, -0.15) is 0 Å². The van der Waals surface area contributed by atoms with Crippen LogP contribution in [0.25, 0.3) is 0 Å². The first-order chi connectivity index (χ1) is 12.1. The molecule has 2 aromatic carbocycles. The Morgan fingerprint density at radius 1 is 1.08 bits per heavy atom. The predicted octanol–water partition coefficient (Wildman–Crippen LogP) is 3.49. The highest BCUT2D eigenvalue weighted by atomic mass is 19.2. The number of rotatable bonds is 5. The van der Waals surface area contributed by atoms with Crippen LogP contribution in [0.1, 0.15) is 28.8 Å². The van der Waals surface area contributed by atoms with E-state index in [4.69, 9.17) is 4.74 Å². The van der Waals surface area contributed by atoms with Gasteiger partial charge in [0.05, 0.1) is 0 Å². The van der Waals surface area contributed by atoms with Crippen molar-refractivity contribution in [3.63, 3.8) is 0 Å². The molecule has 0 saturated carbocycles. The van der Waals surface area contributed by atoms with E-state index < -0.39 is 11.6 Å². The van der Waals surface area contributed by atoms with E-state index in [1.807, 2.05) is 0 Å². The summed E-state index contributed by atoms with van der Waals surface area (Å²) in [7, 11) is 0. The summed E-state index contributed by atoms with van der Waals surface area (Å²) >= 11 is 0. The molecular formula is C19H20F2N2O2. The van der Waals surface area contributed by atoms with Gasteiger partial charge in [-0.15, -0.1) is 0 Å². The highest BCUT2D eigenvalue weighted by Gasteiger charge is 2.16. The maximum Gasteiger partial charge on any atom is 0.251 e. The fraction of sp³-hybridized carbons (Fsp3) is 0.316. The highest BCUT2D eigenvalue weighted by Crippen LogP contribution is 2.15. The number of ether oxygens (including phenoxy) is 1.